The lowest BCUT2D eigenvalue weighted by atomic mass is 10.00. The molecule has 11 nitrogen and oxygen atoms in total. The number of carbonyl (C=O) groups is 2. The fourth-order valence-electron chi connectivity index (χ4n) is 3.55. The molecule has 0 aromatic heterocycles. The van der Waals surface area contributed by atoms with E-state index in [-0.39, 0.29) is 24.8 Å². The molecule has 2 bridgehead atoms. The zero-order chi connectivity index (χ0) is 18.2. The van der Waals surface area contributed by atoms with E-state index in [2.05, 4.69) is 9.60 Å². The van der Waals surface area contributed by atoms with E-state index >= 15 is 0 Å². The Bertz CT molecular complexity index is 676. The first-order valence-corrected chi connectivity index (χ1v) is 9.48. The lowest BCUT2D eigenvalue weighted by Crippen LogP contribution is -2.52. The minimum absolute atomic E-state index is 0.0929. The number of rotatable bonds is 5. The van der Waals surface area contributed by atoms with E-state index in [0.29, 0.717) is 17.9 Å². The first-order chi connectivity index (χ1) is 11.7. The van der Waals surface area contributed by atoms with E-state index in [4.69, 9.17) is 9.96 Å². The van der Waals surface area contributed by atoms with Crippen molar-refractivity contribution < 1.29 is 26.8 Å². The predicted octanol–water partition coefficient (Wildman–Crippen LogP) is -0.821. The van der Waals surface area contributed by atoms with E-state index in [0.717, 1.165) is 25.9 Å². The van der Waals surface area contributed by atoms with Crippen LogP contribution >= 0.6 is 0 Å². The highest BCUT2D eigenvalue weighted by Gasteiger charge is 2.48. The highest BCUT2D eigenvalue weighted by Crippen LogP contribution is 2.30. The molecule has 0 saturated carbocycles. The summed E-state index contributed by atoms with van der Waals surface area (Å²) >= 11 is 0. The zero-order valence-corrected chi connectivity index (χ0v) is 14.4. The summed E-state index contributed by atoms with van der Waals surface area (Å²) in [6, 6.07) is -1.91. The number of piperidine rings is 1. The van der Waals surface area contributed by atoms with Gasteiger partial charge in [-0.15, -0.1) is 4.28 Å². The molecular formula is C13H21N5O6S. The molecule has 3 rings (SSSR count). The van der Waals surface area contributed by atoms with Gasteiger partial charge >= 0.3 is 16.4 Å². The number of nitrogens with one attached hydrogen (secondary N) is 2. The van der Waals surface area contributed by atoms with Gasteiger partial charge in [0, 0.05) is 6.54 Å². The van der Waals surface area contributed by atoms with Gasteiger partial charge in [0.2, 0.25) is 5.91 Å². The third-order valence-corrected chi connectivity index (χ3v) is 5.02. The summed E-state index contributed by atoms with van der Waals surface area (Å²) in [5, 5.41) is 11.2. The van der Waals surface area contributed by atoms with E-state index < -0.39 is 28.5 Å². The van der Waals surface area contributed by atoms with Crippen LogP contribution in [-0.2, 0) is 19.5 Å². The molecule has 3 N–H and O–H groups in total. The molecule has 3 saturated heterocycles. The van der Waals surface area contributed by atoms with Gasteiger partial charge in [-0.3, -0.25) is 19.7 Å². The molecule has 0 radical (unpaired) electrons. The molecule has 3 aliphatic heterocycles. The second kappa shape index (κ2) is 6.86. The molecule has 0 unspecified atom stereocenters. The second-order valence-electron chi connectivity index (χ2n) is 6.46. The van der Waals surface area contributed by atoms with Gasteiger partial charge in [-0.25, -0.2) is 4.79 Å². The van der Waals surface area contributed by atoms with Crippen molar-refractivity contribution in [2.45, 2.75) is 37.8 Å². The number of likely N-dealkylation sites (tertiary alicyclic amines) is 1. The monoisotopic (exact) mass is 375 g/mol. The van der Waals surface area contributed by atoms with Gasteiger partial charge in [-0.2, -0.15) is 13.5 Å². The number of nitrogens with zero attached hydrogens (tertiary/aromatic N) is 3. The SMILES string of the molecule is N=C(NC(=O)CN1CCCC1)[C@@H]1CC[C@@H]2CN1C(=O)N2OS(=O)(=O)O. The average Bonchev–Trinajstić information content (AvgIpc) is 3.09. The van der Waals surface area contributed by atoms with Crippen LogP contribution in [0.3, 0.4) is 0 Å². The standard InChI is InChI=1S/C13H21N5O6S/c14-12(15-11(19)8-16-5-1-2-6-16)10-4-3-9-7-17(10)13(20)18(9)24-25(21,22)23/h9-10H,1-8H2,(H2,14,15,19)(H,21,22,23)/t9-,10+/m1/s1. The van der Waals surface area contributed by atoms with Crippen molar-refractivity contribution in [2.75, 3.05) is 26.2 Å². The van der Waals surface area contributed by atoms with Crippen LogP contribution in [0.4, 0.5) is 4.79 Å². The predicted molar refractivity (Wildman–Crippen MR) is 84.9 cm³/mol. The van der Waals surface area contributed by atoms with E-state index in [1.165, 1.54) is 4.90 Å². The summed E-state index contributed by atoms with van der Waals surface area (Å²) in [6.45, 7) is 2.10. The third kappa shape index (κ3) is 4.08. The first-order valence-electron chi connectivity index (χ1n) is 8.12. The van der Waals surface area contributed by atoms with Gasteiger partial charge in [0.25, 0.3) is 0 Å². The maximum Gasteiger partial charge on any atom is 0.418 e. The van der Waals surface area contributed by atoms with Crippen molar-refractivity contribution in [2.24, 2.45) is 0 Å². The minimum Gasteiger partial charge on any atom is -0.312 e. The van der Waals surface area contributed by atoms with Gasteiger partial charge in [-0.1, -0.05) is 0 Å². The van der Waals surface area contributed by atoms with Crippen LogP contribution < -0.4 is 5.32 Å². The molecule has 2 atom stereocenters. The molecule has 0 aliphatic carbocycles. The maximum atomic E-state index is 12.3. The van der Waals surface area contributed by atoms with Crippen molar-refractivity contribution in [3.63, 3.8) is 0 Å². The third-order valence-electron chi connectivity index (χ3n) is 4.67. The Balaban J connectivity index is 1.59. The van der Waals surface area contributed by atoms with Crippen molar-refractivity contribution in [3.8, 4) is 0 Å². The van der Waals surface area contributed by atoms with Crippen LogP contribution in [0.2, 0.25) is 0 Å². The number of hydrogen-bond acceptors (Lipinski definition) is 7. The molecular weight excluding hydrogens is 354 g/mol. The van der Waals surface area contributed by atoms with E-state index in [9.17, 15) is 18.0 Å². The zero-order valence-electron chi connectivity index (χ0n) is 13.5. The topological polar surface area (TPSA) is 143 Å². The quantitative estimate of drug-likeness (QED) is 0.323. The molecule has 0 spiro atoms. The number of amides is 3. The van der Waals surface area contributed by atoms with Crippen LogP contribution in [0, 0.1) is 5.41 Å². The lowest BCUT2D eigenvalue weighted by molar-refractivity contribution is -0.120. The Kier molecular flexibility index (Phi) is 4.95. The fraction of sp³-hybridized carbons (Fsp3) is 0.769. The van der Waals surface area contributed by atoms with E-state index in [1.54, 1.807) is 0 Å². The molecule has 3 aliphatic rings. The second-order valence-corrected chi connectivity index (χ2v) is 7.46. The Morgan fingerprint density at radius 1 is 1.32 bits per heavy atom. The Labute approximate surface area is 145 Å². The first kappa shape index (κ1) is 18.0. The van der Waals surface area contributed by atoms with Gasteiger partial charge in [-0.05, 0) is 38.8 Å². The van der Waals surface area contributed by atoms with Crippen LogP contribution in [0.1, 0.15) is 25.7 Å². The number of amidine groups is 1. The van der Waals surface area contributed by atoms with Gasteiger partial charge in [0.05, 0.1) is 18.6 Å². The van der Waals surface area contributed by atoms with Crippen LogP contribution in [-0.4, -0.2) is 83.9 Å². The Morgan fingerprint density at radius 2 is 2.00 bits per heavy atom. The number of carbonyl (C=O) groups excluding carboxylic acids is 2. The molecule has 140 valence electrons. The van der Waals surface area contributed by atoms with Crippen LogP contribution in [0.15, 0.2) is 0 Å². The fourth-order valence-corrected chi connectivity index (χ4v) is 3.94. The van der Waals surface area contributed by atoms with Crippen molar-refractivity contribution in [3.05, 3.63) is 0 Å². The molecule has 0 aromatic rings. The number of hydroxylamine groups is 2. The summed E-state index contributed by atoms with van der Waals surface area (Å²) in [5.41, 5.74) is 0. The molecule has 0 aromatic carbocycles. The normalized spacial score (nSPS) is 27.0. The summed E-state index contributed by atoms with van der Waals surface area (Å²) in [6.07, 6.45) is 2.90. The van der Waals surface area contributed by atoms with Crippen molar-refractivity contribution >= 4 is 28.2 Å². The molecule has 25 heavy (non-hydrogen) atoms. The van der Waals surface area contributed by atoms with Gasteiger partial charge in [0.15, 0.2) is 0 Å². The average molecular weight is 375 g/mol. The molecule has 12 heteroatoms. The molecule has 3 fully saturated rings. The highest BCUT2D eigenvalue weighted by atomic mass is 32.3. The minimum atomic E-state index is -4.80. The number of fused-ring (bicyclic) bond motifs is 2. The van der Waals surface area contributed by atoms with E-state index in [1.807, 2.05) is 4.90 Å². The summed E-state index contributed by atoms with van der Waals surface area (Å²) in [7, 11) is -4.80. The number of urea groups is 1. The summed E-state index contributed by atoms with van der Waals surface area (Å²) in [5.74, 6) is -0.392. The Hall–Kier alpha value is -1.76. The van der Waals surface area contributed by atoms with Crippen molar-refractivity contribution in [1.82, 2.24) is 20.2 Å². The van der Waals surface area contributed by atoms with Crippen molar-refractivity contribution in [1.29, 1.82) is 5.41 Å². The van der Waals surface area contributed by atoms with Gasteiger partial charge in [0.1, 0.15) is 5.84 Å². The van der Waals surface area contributed by atoms with Gasteiger partial charge < -0.3 is 10.2 Å². The van der Waals surface area contributed by atoms with Crippen LogP contribution in [0.5, 0.6) is 0 Å². The summed E-state index contributed by atoms with van der Waals surface area (Å²) in [4.78, 5) is 27.6. The maximum absolute atomic E-state index is 12.3. The summed E-state index contributed by atoms with van der Waals surface area (Å²) < 4.78 is 34.8. The smallest absolute Gasteiger partial charge is 0.312 e. The lowest BCUT2D eigenvalue weighted by Gasteiger charge is -2.30. The Morgan fingerprint density at radius 3 is 2.64 bits per heavy atom. The van der Waals surface area contributed by atoms with Crippen LogP contribution in [0.25, 0.3) is 0 Å². The number of hydrogen-bond donors (Lipinski definition) is 3. The highest BCUT2D eigenvalue weighted by molar-refractivity contribution is 7.80. The molecule has 3 heterocycles. The molecule has 3 amide bonds. The largest absolute Gasteiger partial charge is 0.418 e.